The third-order valence-corrected chi connectivity index (χ3v) is 6.90. The minimum Gasteiger partial charge on any atom is -0.493 e. The van der Waals surface area contributed by atoms with Gasteiger partial charge in [0.2, 0.25) is 5.91 Å². The molecule has 4 rings (SSSR count). The normalized spacial score (nSPS) is 15.3. The van der Waals surface area contributed by atoms with Crippen molar-refractivity contribution in [2.24, 2.45) is 5.92 Å². The zero-order valence-electron chi connectivity index (χ0n) is 21.2. The lowest BCUT2D eigenvalue weighted by Gasteiger charge is -2.36. The number of ether oxygens (including phenoxy) is 2. The predicted octanol–water partition coefficient (Wildman–Crippen LogP) is 4.88. The minimum atomic E-state index is -0.369. The van der Waals surface area contributed by atoms with E-state index in [1.165, 1.54) is 12.1 Å². The van der Waals surface area contributed by atoms with Gasteiger partial charge in [-0.15, -0.1) is 0 Å². The first kappa shape index (κ1) is 25.6. The van der Waals surface area contributed by atoms with Crippen LogP contribution in [0.1, 0.15) is 35.7 Å². The Morgan fingerprint density at radius 1 is 1.08 bits per heavy atom. The first-order valence-corrected chi connectivity index (χ1v) is 12.4. The lowest BCUT2D eigenvalue weighted by atomic mass is 9.92. The Labute approximate surface area is 212 Å². The Hall–Kier alpha value is -3.45. The Morgan fingerprint density at radius 2 is 1.78 bits per heavy atom. The highest BCUT2D eigenvalue weighted by Crippen LogP contribution is 2.31. The van der Waals surface area contributed by atoms with Crippen molar-refractivity contribution in [1.82, 2.24) is 14.8 Å². The first-order valence-electron chi connectivity index (χ1n) is 12.4. The molecule has 1 amide bonds. The molecule has 6 nitrogen and oxygen atoms in total. The molecule has 0 spiro atoms. The number of methoxy groups -OCH3 is 1. The van der Waals surface area contributed by atoms with Gasteiger partial charge in [-0.05, 0) is 74.3 Å². The number of nitrogens with zero attached hydrogens (tertiary/aromatic N) is 3. The number of benzene rings is 2. The van der Waals surface area contributed by atoms with Crippen LogP contribution in [0.15, 0.2) is 66.9 Å². The van der Waals surface area contributed by atoms with E-state index in [2.05, 4.69) is 9.88 Å². The number of pyridine rings is 1. The van der Waals surface area contributed by atoms with Crippen molar-refractivity contribution in [3.8, 4) is 11.5 Å². The zero-order chi connectivity index (χ0) is 25.5. The summed E-state index contributed by atoms with van der Waals surface area (Å²) in [6.07, 6.45) is 3.31. The van der Waals surface area contributed by atoms with E-state index in [0.29, 0.717) is 6.61 Å². The molecule has 1 aliphatic rings. The number of amides is 1. The molecule has 1 fully saturated rings. The van der Waals surface area contributed by atoms with Crippen LogP contribution in [-0.4, -0.2) is 61.1 Å². The highest BCUT2D eigenvalue weighted by Gasteiger charge is 2.32. The van der Waals surface area contributed by atoms with Crippen LogP contribution >= 0.6 is 0 Å². The molecule has 190 valence electrons. The third kappa shape index (κ3) is 6.02. The van der Waals surface area contributed by atoms with Gasteiger partial charge in [-0.1, -0.05) is 30.3 Å². The zero-order valence-corrected chi connectivity index (χ0v) is 21.2. The van der Waals surface area contributed by atoms with Gasteiger partial charge < -0.3 is 14.4 Å². The number of hydrogen-bond acceptors (Lipinski definition) is 5. The molecule has 1 unspecified atom stereocenters. The Balaban J connectivity index is 1.37. The van der Waals surface area contributed by atoms with Crippen molar-refractivity contribution in [2.75, 3.05) is 40.4 Å². The summed E-state index contributed by atoms with van der Waals surface area (Å²) < 4.78 is 24.9. The van der Waals surface area contributed by atoms with Crippen LogP contribution in [0.3, 0.4) is 0 Å². The number of carbonyl (C=O) groups is 1. The van der Waals surface area contributed by atoms with Crippen molar-refractivity contribution in [3.63, 3.8) is 0 Å². The van der Waals surface area contributed by atoms with Gasteiger partial charge >= 0.3 is 0 Å². The maximum atomic E-state index is 13.6. The van der Waals surface area contributed by atoms with Crippen molar-refractivity contribution >= 4 is 5.91 Å². The molecular weight excluding hydrogens is 457 g/mol. The smallest absolute Gasteiger partial charge is 0.226 e. The molecule has 1 saturated heterocycles. The van der Waals surface area contributed by atoms with Crippen LogP contribution in [-0.2, 0) is 4.79 Å². The quantitative estimate of drug-likeness (QED) is 0.427. The second-order valence-electron chi connectivity index (χ2n) is 9.22. The number of aryl methyl sites for hydroxylation is 1. The standard InChI is InChI=1S/C29H34FN3O3/c1-21-7-6-16-31-27(21)28(22-10-12-24(30)13-11-22)32(2)29(34)23-14-17-33(18-15-23)19-20-36-26-9-5-4-8-25(26)35-3/h4-13,16,23,28H,14-15,17-20H2,1-3H3. The van der Waals surface area contributed by atoms with Gasteiger partial charge in [-0.25, -0.2) is 4.39 Å². The first-order chi connectivity index (χ1) is 17.5. The van der Waals surface area contributed by atoms with Gasteiger partial charge in [-0.3, -0.25) is 14.7 Å². The largest absolute Gasteiger partial charge is 0.493 e. The van der Waals surface area contributed by atoms with E-state index < -0.39 is 0 Å². The summed E-state index contributed by atoms with van der Waals surface area (Å²) >= 11 is 0. The van der Waals surface area contributed by atoms with E-state index in [9.17, 15) is 9.18 Å². The van der Waals surface area contributed by atoms with Crippen LogP contribution in [0.2, 0.25) is 0 Å². The summed E-state index contributed by atoms with van der Waals surface area (Å²) in [5, 5.41) is 0. The van der Waals surface area contributed by atoms with Gasteiger partial charge in [0.25, 0.3) is 0 Å². The number of piperidine rings is 1. The fourth-order valence-electron chi connectivity index (χ4n) is 4.84. The molecule has 7 heteroatoms. The van der Waals surface area contributed by atoms with Crippen molar-refractivity contribution in [1.29, 1.82) is 0 Å². The molecule has 2 aromatic carbocycles. The number of para-hydroxylation sites is 2. The molecule has 0 N–H and O–H groups in total. The lowest BCUT2D eigenvalue weighted by molar-refractivity contribution is -0.137. The number of hydrogen-bond donors (Lipinski definition) is 0. The van der Waals surface area contributed by atoms with E-state index in [1.54, 1.807) is 30.3 Å². The fourth-order valence-corrected chi connectivity index (χ4v) is 4.84. The average molecular weight is 492 g/mol. The second-order valence-corrected chi connectivity index (χ2v) is 9.22. The topological polar surface area (TPSA) is 54.9 Å². The lowest BCUT2D eigenvalue weighted by Crippen LogP contribution is -2.43. The molecule has 3 aromatic rings. The molecule has 0 aliphatic carbocycles. The predicted molar refractivity (Wildman–Crippen MR) is 138 cm³/mol. The Morgan fingerprint density at radius 3 is 2.44 bits per heavy atom. The van der Waals surface area contributed by atoms with E-state index in [-0.39, 0.29) is 23.7 Å². The minimum absolute atomic E-state index is 0.0617. The number of aromatic nitrogens is 1. The maximum Gasteiger partial charge on any atom is 0.226 e. The molecule has 0 bridgehead atoms. The number of likely N-dealkylation sites (tertiary alicyclic amines) is 1. The van der Waals surface area contributed by atoms with Crippen LogP contribution in [0.4, 0.5) is 4.39 Å². The van der Waals surface area contributed by atoms with Crippen molar-refractivity contribution in [3.05, 3.63) is 89.5 Å². The third-order valence-electron chi connectivity index (χ3n) is 6.90. The summed E-state index contributed by atoms with van der Waals surface area (Å²) in [5.74, 6) is 1.20. The van der Waals surface area contributed by atoms with Crippen molar-refractivity contribution < 1.29 is 18.7 Å². The van der Waals surface area contributed by atoms with Crippen LogP contribution < -0.4 is 9.47 Å². The SMILES string of the molecule is COc1ccccc1OCCN1CCC(C(=O)N(C)C(c2ccc(F)cc2)c2ncccc2C)CC1. The molecule has 2 heterocycles. The number of halogens is 1. The van der Waals surface area contributed by atoms with Crippen LogP contribution in [0.25, 0.3) is 0 Å². The summed E-state index contributed by atoms with van der Waals surface area (Å²) in [5.41, 5.74) is 2.65. The Kier molecular flexibility index (Phi) is 8.54. The Bertz CT molecular complexity index is 1150. The second kappa shape index (κ2) is 12.0. The highest BCUT2D eigenvalue weighted by molar-refractivity contribution is 5.79. The molecular formula is C29H34FN3O3. The average Bonchev–Trinajstić information content (AvgIpc) is 2.91. The van der Waals surface area contributed by atoms with Crippen LogP contribution in [0, 0.1) is 18.7 Å². The fraction of sp³-hybridized carbons (Fsp3) is 0.379. The molecule has 1 aromatic heterocycles. The maximum absolute atomic E-state index is 13.6. The molecule has 1 aliphatic heterocycles. The van der Waals surface area contributed by atoms with Gasteiger partial charge in [0.1, 0.15) is 12.4 Å². The monoisotopic (exact) mass is 491 g/mol. The molecule has 0 saturated carbocycles. The molecule has 0 radical (unpaired) electrons. The number of rotatable bonds is 9. The summed E-state index contributed by atoms with van der Waals surface area (Å²) in [7, 11) is 3.47. The van der Waals surface area contributed by atoms with E-state index in [1.807, 2.05) is 50.4 Å². The van der Waals surface area contributed by atoms with Gasteiger partial charge in [0.15, 0.2) is 11.5 Å². The highest BCUT2D eigenvalue weighted by atomic mass is 19.1. The summed E-state index contributed by atoms with van der Waals surface area (Å²) in [4.78, 5) is 22.3. The molecule has 36 heavy (non-hydrogen) atoms. The van der Waals surface area contributed by atoms with Gasteiger partial charge in [-0.2, -0.15) is 0 Å². The van der Waals surface area contributed by atoms with Gasteiger partial charge in [0.05, 0.1) is 18.8 Å². The van der Waals surface area contributed by atoms with Crippen molar-refractivity contribution in [2.45, 2.75) is 25.8 Å². The van der Waals surface area contributed by atoms with Gasteiger partial charge in [0, 0.05) is 25.7 Å². The summed E-state index contributed by atoms with van der Waals surface area (Å²) in [6, 6.07) is 17.5. The number of carbonyl (C=O) groups excluding carboxylic acids is 1. The van der Waals surface area contributed by atoms with E-state index >= 15 is 0 Å². The van der Waals surface area contributed by atoms with E-state index in [0.717, 1.165) is 60.8 Å². The summed E-state index contributed by atoms with van der Waals surface area (Å²) in [6.45, 7) is 5.01. The van der Waals surface area contributed by atoms with Crippen LogP contribution in [0.5, 0.6) is 11.5 Å². The van der Waals surface area contributed by atoms with E-state index in [4.69, 9.17) is 9.47 Å². The molecule has 1 atom stereocenters.